The van der Waals surface area contributed by atoms with Crippen molar-refractivity contribution in [1.82, 2.24) is 35.4 Å². The Morgan fingerprint density at radius 1 is 1.25 bits per heavy atom. The fraction of sp³-hybridized carbons (Fsp3) is 0.333. The highest BCUT2D eigenvalue weighted by molar-refractivity contribution is 6.35. The summed E-state index contributed by atoms with van der Waals surface area (Å²) in [5.41, 5.74) is 3.94. The molecular formula is C24H23Cl2N7O3. The number of aromatic nitrogens is 5. The third-order valence-corrected chi connectivity index (χ3v) is 7.04. The molecule has 5 heterocycles. The van der Waals surface area contributed by atoms with Gasteiger partial charge in [-0.2, -0.15) is 5.10 Å². The summed E-state index contributed by atoms with van der Waals surface area (Å²) in [4.78, 5) is 26.7. The molecule has 10 nitrogen and oxygen atoms in total. The van der Waals surface area contributed by atoms with Gasteiger partial charge < -0.3 is 24.7 Å². The minimum Gasteiger partial charge on any atom is -0.486 e. The Labute approximate surface area is 216 Å². The summed E-state index contributed by atoms with van der Waals surface area (Å²) >= 11 is 12.6. The average molecular weight is 528 g/mol. The second-order valence-corrected chi connectivity index (χ2v) is 9.64. The molecule has 0 saturated carbocycles. The summed E-state index contributed by atoms with van der Waals surface area (Å²) < 4.78 is 11.8. The van der Waals surface area contributed by atoms with E-state index in [9.17, 15) is 4.79 Å². The quantitative estimate of drug-likeness (QED) is 0.362. The van der Waals surface area contributed by atoms with Crippen molar-refractivity contribution >= 4 is 40.0 Å². The maximum absolute atomic E-state index is 12.8. The number of amides is 1. The highest BCUT2D eigenvalue weighted by Crippen LogP contribution is 2.35. The van der Waals surface area contributed by atoms with Crippen molar-refractivity contribution < 1.29 is 14.3 Å². The summed E-state index contributed by atoms with van der Waals surface area (Å²) in [5, 5.41) is 12.5. The number of hydrogen-bond donors (Lipinski definition) is 3. The van der Waals surface area contributed by atoms with Crippen LogP contribution in [0.25, 0.3) is 22.4 Å². The van der Waals surface area contributed by atoms with Crippen molar-refractivity contribution in [1.29, 1.82) is 0 Å². The average Bonchev–Trinajstić information content (AvgIpc) is 3.57. The van der Waals surface area contributed by atoms with Crippen LogP contribution in [0.4, 0.5) is 0 Å². The number of morpholine rings is 1. The first-order chi connectivity index (χ1) is 17.5. The number of hydrogen-bond acceptors (Lipinski definition) is 7. The number of imidazole rings is 1. The number of aromatic amines is 2. The minimum atomic E-state index is -0.449. The first-order valence-corrected chi connectivity index (χ1v) is 12.4. The van der Waals surface area contributed by atoms with E-state index < -0.39 is 6.10 Å². The van der Waals surface area contributed by atoms with E-state index in [2.05, 4.69) is 25.5 Å². The molecule has 4 aromatic rings. The molecule has 2 unspecified atom stereocenters. The smallest absolute Gasteiger partial charge is 0.253 e. The van der Waals surface area contributed by atoms with Crippen molar-refractivity contribution in [3.05, 3.63) is 57.6 Å². The van der Waals surface area contributed by atoms with Crippen LogP contribution in [-0.2, 0) is 22.6 Å². The molecule has 0 aliphatic carbocycles. The summed E-state index contributed by atoms with van der Waals surface area (Å²) in [5.74, 6) is 1.25. The standard InChI is InChI=1S/C24H23Cl2N7O3/c1-12(21-15(25)7-28-8-16(21)26)36-13-2-3-17-14(6-13)22(32-31-17)23-29-18-10-33(11-19(18)30-23)24(34)20-9-27-4-5-35-20/h2-3,6-8,12,20,27H,4-5,9-11H2,1H3,(H,29,30)(H,31,32). The van der Waals surface area contributed by atoms with Crippen LogP contribution in [0.3, 0.4) is 0 Å². The number of pyridine rings is 1. The number of benzene rings is 1. The third kappa shape index (κ3) is 4.20. The van der Waals surface area contributed by atoms with Crippen LogP contribution in [0.1, 0.15) is 30.0 Å². The van der Waals surface area contributed by atoms with Crippen LogP contribution in [0, 0.1) is 0 Å². The van der Waals surface area contributed by atoms with E-state index in [0.717, 1.165) is 28.8 Å². The molecule has 1 fully saturated rings. The summed E-state index contributed by atoms with van der Waals surface area (Å²) in [6.45, 7) is 4.62. The van der Waals surface area contributed by atoms with Gasteiger partial charge in [0.15, 0.2) is 5.82 Å². The van der Waals surface area contributed by atoms with Crippen molar-refractivity contribution in [2.75, 3.05) is 19.7 Å². The number of nitrogens with zero attached hydrogens (tertiary/aromatic N) is 4. The lowest BCUT2D eigenvalue weighted by molar-refractivity contribution is -0.145. The molecule has 2 aliphatic rings. The first kappa shape index (κ1) is 23.2. The van der Waals surface area contributed by atoms with E-state index >= 15 is 0 Å². The lowest BCUT2D eigenvalue weighted by atomic mass is 10.1. The Hall–Kier alpha value is -3.18. The van der Waals surface area contributed by atoms with Crippen LogP contribution >= 0.6 is 23.2 Å². The maximum atomic E-state index is 12.8. The Bertz CT molecular complexity index is 1400. The third-order valence-electron chi connectivity index (χ3n) is 6.44. The number of carbonyl (C=O) groups is 1. The van der Waals surface area contributed by atoms with Crippen LogP contribution in [0.5, 0.6) is 5.75 Å². The van der Waals surface area contributed by atoms with Gasteiger partial charge in [0.25, 0.3) is 5.91 Å². The Balaban J connectivity index is 1.22. The van der Waals surface area contributed by atoms with Crippen molar-refractivity contribution in [2.24, 2.45) is 0 Å². The molecule has 36 heavy (non-hydrogen) atoms. The van der Waals surface area contributed by atoms with E-state index in [0.29, 0.717) is 59.1 Å². The van der Waals surface area contributed by atoms with Gasteiger partial charge in [0.2, 0.25) is 0 Å². The SMILES string of the molecule is CC(Oc1ccc2[nH]nc(-c3nc4c([nH]3)CN(C(=O)C3CNCCO3)C4)c2c1)c1c(Cl)cncc1Cl. The molecule has 186 valence electrons. The Morgan fingerprint density at radius 3 is 2.83 bits per heavy atom. The fourth-order valence-corrected chi connectivity index (χ4v) is 5.32. The number of H-pyrrole nitrogens is 2. The number of fused-ring (bicyclic) bond motifs is 2. The van der Waals surface area contributed by atoms with Crippen molar-refractivity contribution in [3.63, 3.8) is 0 Å². The lowest BCUT2D eigenvalue weighted by Gasteiger charge is -2.26. The Morgan fingerprint density at radius 2 is 2.08 bits per heavy atom. The van der Waals surface area contributed by atoms with Gasteiger partial charge >= 0.3 is 0 Å². The topological polar surface area (TPSA) is 121 Å². The summed E-state index contributed by atoms with van der Waals surface area (Å²) in [6.07, 6.45) is 2.25. The zero-order valence-electron chi connectivity index (χ0n) is 19.3. The molecular weight excluding hydrogens is 505 g/mol. The summed E-state index contributed by atoms with van der Waals surface area (Å²) in [7, 11) is 0. The zero-order valence-corrected chi connectivity index (χ0v) is 20.9. The highest BCUT2D eigenvalue weighted by atomic mass is 35.5. The predicted octanol–water partition coefficient (Wildman–Crippen LogP) is 3.63. The Kier molecular flexibility index (Phi) is 6.04. The molecule has 3 N–H and O–H groups in total. The van der Waals surface area contributed by atoms with E-state index in [4.69, 9.17) is 37.7 Å². The van der Waals surface area contributed by atoms with E-state index in [-0.39, 0.29) is 12.0 Å². The monoisotopic (exact) mass is 527 g/mol. The molecule has 0 bridgehead atoms. The maximum Gasteiger partial charge on any atom is 0.253 e. The van der Waals surface area contributed by atoms with Crippen molar-refractivity contribution in [3.8, 4) is 17.3 Å². The minimum absolute atomic E-state index is 0.0225. The number of nitrogens with one attached hydrogen (secondary N) is 3. The predicted molar refractivity (Wildman–Crippen MR) is 134 cm³/mol. The van der Waals surface area contributed by atoms with E-state index in [1.807, 2.05) is 25.1 Å². The van der Waals surface area contributed by atoms with Gasteiger partial charge in [0.1, 0.15) is 23.7 Å². The van der Waals surface area contributed by atoms with E-state index in [1.165, 1.54) is 0 Å². The molecule has 3 aromatic heterocycles. The summed E-state index contributed by atoms with van der Waals surface area (Å²) in [6, 6.07) is 5.67. The van der Waals surface area contributed by atoms with E-state index in [1.54, 1.807) is 17.3 Å². The second kappa shape index (κ2) is 9.36. The molecule has 1 amide bonds. The molecule has 12 heteroatoms. The number of carbonyl (C=O) groups excluding carboxylic acids is 1. The fourth-order valence-electron chi connectivity index (χ4n) is 4.65. The first-order valence-electron chi connectivity index (χ1n) is 11.6. The molecule has 1 aromatic carbocycles. The van der Waals surface area contributed by atoms with Crippen LogP contribution in [0.2, 0.25) is 10.0 Å². The largest absolute Gasteiger partial charge is 0.486 e. The molecule has 2 aliphatic heterocycles. The molecule has 0 spiro atoms. The number of ether oxygens (including phenoxy) is 2. The normalized spacial score (nSPS) is 18.4. The second-order valence-electron chi connectivity index (χ2n) is 8.83. The lowest BCUT2D eigenvalue weighted by Crippen LogP contribution is -2.48. The van der Waals surface area contributed by atoms with Gasteiger partial charge in [-0.05, 0) is 25.1 Å². The van der Waals surface area contributed by atoms with Crippen LogP contribution in [0.15, 0.2) is 30.6 Å². The molecule has 2 atom stereocenters. The van der Waals surface area contributed by atoms with Crippen LogP contribution < -0.4 is 10.1 Å². The zero-order chi connectivity index (χ0) is 24.8. The molecule has 1 saturated heterocycles. The highest BCUT2D eigenvalue weighted by Gasteiger charge is 2.33. The number of halogens is 2. The molecule has 0 radical (unpaired) electrons. The van der Waals surface area contributed by atoms with Gasteiger partial charge in [-0.1, -0.05) is 23.2 Å². The van der Waals surface area contributed by atoms with Gasteiger partial charge in [0, 0.05) is 36.4 Å². The van der Waals surface area contributed by atoms with Crippen LogP contribution in [-0.4, -0.2) is 61.8 Å². The van der Waals surface area contributed by atoms with Crippen molar-refractivity contribution in [2.45, 2.75) is 32.2 Å². The van der Waals surface area contributed by atoms with Gasteiger partial charge in [-0.25, -0.2) is 4.98 Å². The van der Waals surface area contributed by atoms with Gasteiger partial charge in [-0.3, -0.25) is 14.9 Å². The van der Waals surface area contributed by atoms with Gasteiger partial charge in [0.05, 0.1) is 46.6 Å². The molecule has 6 rings (SSSR count). The van der Waals surface area contributed by atoms with Gasteiger partial charge in [-0.15, -0.1) is 0 Å². The number of rotatable bonds is 5.